The number of carboxylic acid groups (broad SMARTS) is 1. The number of nitrogens with zero attached hydrogens (tertiary/aromatic N) is 3. The quantitative estimate of drug-likeness (QED) is 0.645. The van der Waals surface area contributed by atoms with Gasteiger partial charge in [-0.1, -0.05) is 0 Å². The minimum absolute atomic E-state index is 0. The third-order valence-corrected chi connectivity index (χ3v) is 2.67. The Labute approximate surface area is 133 Å². The molecule has 0 fully saturated rings. The predicted molar refractivity (Wildman–Crippen MR) is 80.3 cm³/mol. The summed E-state index contributed by atoms with van der Waals surface area (Å²) >= 11 is 0. The zero-order chi connectivity index (χ0) is 15.6. The standard InChI is InChI=1S/C12H7N3O6.BrH/c16-12(17)7-3-4-13-10(5-7)9-2-1-8(14(18)19)6-11(9)15(20)21;/h1-6H,(H,16,17);1H. The van der Waals surface area contributed by atoms with Gasteiger partial charge in [0, 0.05) is 12.3 Å². The van der Waals surface area contributed by atoms with Gasteiger partial charge in [-0.05, 0) is 18.2 Å². The third-order valence-electron chi connectivity index (χ3n) is 2.67. The lowest BCUT2D eigenvalue weighted by Gasteiger charge is -2.03. The number of nitro groups is 2. The molecule has 0 amide bonds. The van der Waals surface area contributed by atoms with Gasteiger partial charge in [-0.15, -0.1) is 17.0 Å². The van der Waals surface area contributed by atoms with Crippen LogP contribution in [-0.2, 0) is 0 Å². The highest BCUT2D eigenvalue weighted by Crippen LogP contribution is 2.32. The summed E-state index contributed by atoms with van der Waals surface area (Å²) in [7, 11) is 0. The van der Waals surface area contributed by atoms with Crippen molar-refractivity contribution in [3.63, 3.8) is 0 Å². The maximum absolute atomic E-state index is 11.0. The summed E-state index contributed by atoms with van der Waals surface area (Å²) in [4.78, 5) is 34.9. The van der Waals surface area contributed by atoms with Crippen LogP contribution in [0.3, 0.4) is 0 Å². The van der Waals surface area contributed by atoms with E-state index < -0.39 is 27.2 Å². The van der Waals surface area contributed by atoms with E-state index in [0.717, 1.165) is 18.2 Å². The molecule has 0 saturated carbocycles. The van der Waals surface area contributed by atoms with E-state index in [0.29, 0.717) is 0 Å². The molecule has 0 spiro atoms. The molecule has 0 unspecified atom stereocenters. The molecule has 1 aromatic heterocycles. The Balaban J connectivity index is 0.00000242. The highest BCUT2D eigenvalue weighted by atomic mass is 79.9. The SMILES string of the molecule is Br.O=C(O)c1ccnc(-c2ccc([N+](=O)[O-])cc2[N+](=O)[O-])c1. The fourth-order valence-corrected chi connectivity index (χ4v) is 1.71. The van der Waals surface area contributed by atoms with Crippen LogP contribution in [0, 0.1) is 20.2 Å². The van der Waals surface area contributed by atoms with Crippen LogP contribution in [0.5, 0.6) is 0 Å². The Morgan fingerprint density at radius 2 is 1.77 bits per heavy atom. The molecule has 1 heterocycles. The minimum Gasteiger partial charge on any atom is -0.478 e. The minimum atomic E-state index is -1.21. The molecule has 22 heavy (non-hydrogen) atoms. The van der Waals surface area contributed by atoms with Crippen LogP contribution in [0.15, 0.2) is 36.5 Å². The van der Waals surface area contributed by atoms with Crippen LogP contribution in [0.2, 0.25) is 0 Å². The molecule has 0 bridgehead atoms. The number of carboxylic acids is 1. The highest BCUT2D eigenvalue weighted by molar-refractivity contribution is 8.93. The normalized spacial score (nSPS) is 9.64. The van der Waals surface area contributed by atoms with E-state index in [2.05, 4.69) is 4.98 Å². The van der Waals surface area contributed by atoms with Crippen LogP contribution >= 0.6 is 17.0 Å². The van der Waals surface area contributed by atoms with E-state index in [1.807, 2.05) is 0 Å². The highest BCUT2D eigenvalue weighted by Gasteiger charge is 2.21. The zero-order valence-electron chi connectivity index (χ0n) is 10.7. The number of benzene rings is 1. The first-order valence-electron chi connectivity index (χ1n) is 5.52. The van der Waals surface area contributed by atoms with Gasteiger partial charge in [0.25, 0.3) is 11.4 Å². The summed E-state index contributed by atoms with van der Waals surface area (Å²) in [6, 6.07) is 5.48. The molecule has 0 aliphatic rings. The van der Waals surface area contributed by atoms with Crippen molar-refractivity contribution in [1.82, 2.24) is 4.98 Å². The maximum Gasteiger partial charge on any atom is 0.335 e. The monoisotopic (exact) mass is 369 g/mol. The second-order valence-electron chi connectivity index (χ2n) is 3.95. The lowest BCUT2D eigenvalue weighted by atomic mass is 10.1. The summed E-state index contributed by atoms with van der Waals surface area (Å²) in [5.74, 6) is -1.21. The van der Waals surface area contributed by atoms with Crippen LogP contribution in [0.4, 0.5) is 11.4 Å². The summed E-state index contributed by atoms with van der Waals surface area (Å²) in [6.45, 7) is 0. The average molecular weight is 370 g/mol. The van der Waals surface area contributed by atoms with Crippen LogP contribution in [0.25, 0.3) is 11.3 Å². The zero-order valence-corrected chi connectivity index (χ0v) is 12.4. The number of aromatic nitrogens is 1. The molecule has 1 aromatic carbocycles. The van der Waals surface area contributed by atoms with Gasteiger partial charge in [0.2, 0.25) is 0 Å². The molecule has 114 valence electrons. The van der Waals surface area contributed by atoms with Crippen molar-refractivity contribution in [2.24, 2.45) is 0 Å². The number of nitro benzene ring substituents is 2. The number of rotatable bonds is 4. The second-order valence-corrected chi connectivity index (χ2v) is 3.95. The Morgan fingerprint density at radius 1 is 1.09 bits per heavy atom. The van der Waals surface area contributed by atoms with E-state index in [4.69, 9.17) is 5.11 Å². The largest absolute Gasteiger partial charge is 0.478 e. The fraction of sp³-hybridized carbons (Fsp3) is 0. The van der Waals surface area contributed by atoms with Crippen LogP contribution < -0.4 is 0 Å². The van der Waals surface area contributed by atoms with Crippen molar-refractivity contribution in [3.05, 3.63) is 62.3 Å². The Kier molecular flexibility index (Phi) is 5.24. The summed E-state index contributed by atoms with van der Waals surface area (Å²) < 4.78 is 0. The summed E-state index contributed by atoms with van der Waals surface area (Å²) in [5, 5.41) is 30.6. The van der Waals surface area contributed by atoms with Gasteiger partial charge < -0.3 is 5.11 Å². The molecule has 2 rings (SSSR count). The molecule has 0 aliphatic heterocycles. The number of aromatic carboxylic acids is 1. The first-order valence-corrected chi connectivity index (χ1v) is 5.52. The van der Waals surface area contributed by atoms with Crippen molar-refractivity contribution in [2.45, 2.75) is 0 Å². The van der Waals surface area contributed by atoms with Gasteiger partial charge in [-0.3, -0.25) is 25.2 Å². The average Bonchev–Trinajstić information content (AvgIpc) is 2.46. The number of hydrogen-bond acceptors (Lipinski definition) is 6. The summed E-state index contributed by atoms with van der Waals surface area (Å²) in [6.07, 6.45) is 1.20. The van der Waals surface area contributed by atoms with Crippen molar-refractivity contribution in [1.29, 1.82) is 0 Å². The van der Waals surface area contributed by atoms with E-state index in [9.17, 15) is 25.0 Å². The van der Waals surface area contributed by atoms with E-state index in [-0.39, 0.29) is 33.8 Å². The molecule has 0 radical (unpaired) electrons. The van der Waals surface area contributed by atoms with Crippen molar-refractivity contribution < 1.29 is 19.7 Å². The van der Waals surface area contributed by atoms with Gasteiger partial charge in [-0.2, -0.15) is 0 Å². The van der Waals surface area contributed by atoms with Crippen molar-refractivity contribution >= 4 is 34.3 Å². The molecule has 9 nitrogen and oxygen atoms in total. The first kappa shape index (κ1) is 17.2. The summed E-state index contributed by atoms with van der Waals surface area (Å²) in [5.41, 5.74) is -0.975. The second kappa shape index (κ2) is 6.72. The third kappa shape index (κ3) is 3.41. The number of carbonyl (C=O) groups is 1. The Hall–Kier alpha value is -2.88. The molecule has 1 N–H and O–H groups in total. The molecule has 2 aromatic rings. The molecule has 0 atom stereocenters. The Bertz CT molecular complexity index is 764. The van der Waals surface area contributed by atoms with Crippen LogP contribution in [0.1, 0.15) is 10.4 Å². The molecule has 0 aliphatic carbocycles. The van der Waals surface area contributed by atoms with E-state index >= 15 is 0 Å². The number of halogens is 1. The van der Waals surface area contributed by atoms with Gasteiger partial charge in [0.1, 0.15) is 0 Å². The van der Waals surface area contributed by atoms with Crippen molar-refractivity contribution in [2.75, 3.05) is 0 Å². The number of non-ortho nitro benzene ring substituents is 1. The topological polar surface area (TPSA) is 136 Å². The molecule has 10 heteroatoms. The predicted octanol–water partition coefficient (Wildman–Crippen LogP) is 2.84. The Morgan fingerprint density at radius 3 is 2.32 bits per heavy atom. The van der Waals surface area contributed by atoms with Crippen molar-refractivity contribution in [3.8, 4) is 11.3 Å². The molecule has 0 saturated heterocycles. The van der Waals surface area contributed by atoms with Crippen LogP contribution in [-0.4, -0.2) is 25.9 Å². The van der Waals surface area contributed by atoms with Gasteiger partial charge in [0.05, 0.1) is 32.7 Å². The van der Waals surface area contributed by atoms with E-state index in [1.54, 1.807) is 0 Å². The lowest BCUT2D eigenvalue weighted by Crippen LogP contribution is -1.99. The number of hydrogen-bond donors (Lipinski definition) is 1. The van der Waals surface area contributed by atoms with Gasteiger partial charge in [-0.25, -0.2) is 4.79 Å². The lowest BCUT2D eigenvalue weighted by molar-refractivity contribution is -0.393. The number of pyridine rings is 1. The first-order chi connectivity index (χ1) is 9.90. The maximum atomic E-state index is 11.0. The van der Waals surface area contributed by atoms with Gasteiger partial charge in [0.15, 0.2) is 0 Å². The van der Waals surface area contributed by atoms with Gasteiger partial charge >= 0.3 is 5.97 Å². The smallest absolute Gasteiger partial charge is 0.335 e. The van der Waals surface area contributed by atoms with E-state index in [1.165, 1.54) is 18.3 Å². The molecular weight excluding hydrogens is 362 g/mol. The fourth-order valence-electron chi connectivity index (χ4n) is 1.71. The molecular formula is C12H8BrN3O6.